The molecule has 0 aliphatic carbocycles. The predicted octanol–water partition coefficient (Wildman–Crippen LogP) is 3.91. The molecule has 9 heteroatoms. The summed E-state index contributed by atoms with van der Waals surface area (Å²) in [6.07, 6.45) is 0.793. The third kappa shape index (κ3) is 5.37. The number of sulfonamides is 1. The van der Waals surface area contributed by atoms with Crippen molar-refractivity contribution in [3.05, 3.63) is 83.9 Å². The van der Waals surface area contributed by atoms with Gasteiger partial charge in [-0.2, -0.15) is 0 Å². The van der Waals surface area contributed by atoms with E-state index in [1.54, 1.807) is 48.5 Å². The molecule has 2 N–H and O–H groups in total. The van der Waals surface area contributed by atoms with Crippen molar-refractivity contribution >= 4 is 33.2 Å². The molecule has 0 unspecified atom stereocenters. The van der Waals surface area contributed by atoms with E-state index < -0.39 is 15.9 Å². The van der Waals surface area contributed by atoms with Crippen molar-refractivity contribution in [2.24, 2.45) is 0 Å². The number of nitrogens with zero attached hydrogens (tertiary/aromatic N) is 1. The summed E-state index contributed by atoms with van der Waals surface area (Å²) in [5.41, 5.74) is 1.36. The maximum absolute atomic E-state index is 13.1. The van der Waals surface area contributed by atoms with Gasteiger partial charge in [-0.25, -0.2) is 8.42 Å². The zero-order valence-corrected chi connectivity index (χ0v) is 20.1. The van der Waals surface area contributed by atoms with Gasteiger partial charge in [-0.15, -0.1) is 0 Å². The van der Waals surface area contributed by atoms with Gasteiger partial charge >= 0.3 is 0 Å². The number of hydrogen-bond acceptors (Lipinski definition) is 5. The second kappa shape index (κ2) is 10.8. The molecular weight excluding hydrogens is 454 g/mol. The zero-order chi connectivity index (χ0) is 24.7. The van der Waals surface area contributed by atoms with Crippen molar-refractivity contribution in [2.45, 2.75) is 18.2 Å². The summed E-state index contributed by atoms with van der Waals surface area (Å²) in [5, 5.41) is 5.52. The molecule has 34 heavy (non-hydrogen) atoms. The van der Waals surface area contributed by atoms with E-state index in [4.69, 9.17) is 4.74 Å². The fraction of sp³-hybridized carbons (Fsp3) is 0.200. The number of carbonyl (C=O) groups excluding carboxylic acids is 2. The number of carbonyl (C=O) groups is 2. The summed E-state index contributed by atoms with van der Waals surface area (Å²) in [6, 6.07) is 19.1. The molecule has 0 aliphatic heterocycles. The Hall–Kier alpha value is -3.85. The van der Waals surface area contributed by atoms with E-state index in [0.717, 1.165) is 10.7 Å². The van der Waals surface area contributed by atoms with Gasteiger partial charge in [0, 0.05) is 19.2 Å². The van der Waals surface area contributed by atoms with Crippen LogP contribution >= 0.6 is 0 Å². The molecule has 3 aromatic carbocycles. The zero-order valence-electron chi connectivity index (χ0n) is 19.2. The molecule has 3 rings (SSSR count). The Morgan fingerprint density at radius 2 is 1.56 bits per heavy atom. The minimum absolute atomic E-state index is 0.0248. The molecule has 0 aliphatic rings. The van der Waals surface area contributed by atoms with E-state index in [0.29, 0.717) is 29.2 Å². The number of nitrogens with one attached hydrogen (secondary N) is 2. The van der Waals surface area contributed by atoms with Crippen LogP contribution in [0.3, 0.4) is 0 Å². The highest BCUT2D eigenvalue weighted by Gasteiger charge is 2.24. The molecule has 0 heterocycles. The minimum Gasteiger partial charge on any atom is -0.495 e. The van der Waals surface area contributed by atoms with Gasteiger partial charge in [0.15, 0.2) is 0 Å². The lowest BCUT2D eigenvalue weighted by molar-refractivity contribution is 0.0954. The van der Waals surface area contributed by atoms with Crippen LogP contribution in [0.1, 0.15) is 34.1 Å². The minimum atomic E-state index is -3.88. The van der Waals surface area contributed by atoms with Crippen molar-refractivity contribution in [1.29, 1.82) is 0 Å². The Morgan fingerprint density at radius 3 is 2.24 bits per heavy atom. The van der Waals surface area contributed by atoms with Gasteiger partial charge in [0.2, 0.25) is 0 Å². The van der Waals surface area contributed by atoms with E-state index >= 15 is 0 Å². The highest BCUT2D eigenvalue weighted by Crippen LogP contribution is 2.31. The third-order valence-corrected chi connectivity index (χ3v) is 6.94. The number of rotatable bonds is 9. The number of methoxy groups -OCH3 is 1. The molecule has 0 spiro atoms. The first-order chi connectivity index (χ1) is 16.3. The summed E-state index contributed by atoms with van der Waals surface area (Å²) in [7, 11) is -0.975. The largest absolute Gasteiger partial charge is 0.495 e. The first-order valence-corrected chi connectivity index (χ1v) is 12.1. The Balaban J connectivity index is 1.80. The van der Waals surface area contributed by atoms with E-state index in [1.165, 1.54) is 38.4 Å². The van der Waals surface area contributed by atoms with Gasteiger partial charge in [0.1, 0.15) is 5.75 Å². The molecule has 8 nitrogen and oxygen atoms in total. The van der Waals surface area contributed by atoms with Gasteiger partial charge in [0.05, 0.1) is 28.9 Å². The van der Waals surface area contributed by atoms with E-state index in [1.807, 2.05) is 6.92 Å². The smallest absolute Gasteiger partial charge is 0.264 e. The lowest BCUT2D eigenvalue weighted by atomic mass is 10.1. The lowest BCUT2D eigenvalue weighted by Crippen LogP contribution is -2.27. The standard InChI is InChI=1S/C25H27N3O5S/c1-4-17-26-25(30)20-9-5-6-10-21(20)27-24(29)18-13-15-19(16-14-18)34(31,32)28(2)22-11-7-8-12-23(22)33-3/h5-16H,4,17H2,1-3H3,(H,26,30)(H,27,29). The van der Waals surface area contributed by atoms with Crippen molar-refractivity contribution in [3.8, 4) is 5.75 Å². The fourth-order valence-electron chi connectivity index (χ4n) is 3.27. The van der Waals surface area contributed by atoms with E-state index in [9.17, 15) is 18.0 Å². The number of hydrogen-bond donors (Lipinski definition) is 2. The van der Waals surface area contributed by atoms with Crippen LogP contribution < -0.4 is 19.7 Å². The van der Waals surface area contributed by atoms with Crippen LogP contribution in [0.4, 0.5) is 11.4 Å². The predicted molar refractivity (Wildman–Crippen MR) is 132 cm³/mol. The Labute approximate surface area is 199 Å². The number of ether oxygens (including phenoxy) is 1. The van der Waals surface area contributed by atoms with Crippen LogP contribution in [0.25, 0.3) is 0 Å². The summed E-state index contributed by atoms with van der Waals surface area (Å²) in [6.45, 7) is 2.48. The van der Waals surface area contributed by atoms with Gasteiger partial charge in [0.25, 0.3) is 21.8 Å². The Morgan fingerprint density at radius 1 is 0.912 bits per heavy atom. The fourth-order valence-corrected chi connectivity index (χ4v) is 4.48. The highest BCUT2D eigenvalue weighted by atomic mass is 32.2. The van der Waals surface area contributed by atoms with Gasteiger partial charge in [-0.3, -0.25) is 13.9 Å². The Bertz CT molecular complexity index is 1270. The number of anilines is 2. The first kappa shape index (κ1) is 24.8. The molecule has 2 amide bonds. The lowest BCUT2D eigenvalue weighted by Gasteiger charge is -2.21. The summed E-state index contributed by atoms with van der Waals surface area (Å²) >= 11 is 0. The third-order valence-electron chi connectivity index (χ3n) is 5.15. The first-order valence-electron chi connectivity index (χ1n) is 10.7. The molecule has 178 valence electrons. The van der Waals surface area contributed by atoms with Crippen LogP contribution in [0.5, 0.6) is 5.75 Å². The number of amides is 2. The maximum atomic E-state index is 13.1. The Kier molecular flexibility index (Phi) is 7.91. The average molecular weight is 482 g/mol. The second-order valence-corrected chi connectivity index (χ2v) is 9.39. The van der Waals surface area contributed by atoms with Gasteiger partial charge in [-0.1, -0.05) is 31.2 Å². The summed E-state index contributed by atoms with van der Waals surface area (Å²) in [4.78, 5) is 25.2. The number of para-hydroxylation sites is 3. The van der Waals surface area contributed by atoms with Gasteiger partial charge < -0.3 is 15.4 Å². The normalized spacial score (nSPS) is 10.9. The van der Waals surface area contributed by atoms with Crippen molar-refractivity contribution in [1.82, 2.24) is 5.32 Å². The monoisotopic (exact) mass is 481 g/mol. The molecule has 0 radical (unpaired) electrons. The van der Waals surface area contributed by atoms with Crippen LogP contribution in [0.15, 0.2) is 77.7 Å². The van der Waals surface area contributed by atoms with E-state index in [2.05, 4.69) is 10.6 Å². The molecule has 0 saturated heterocycles. The van der Waals surface area contributed by atoms with Crippen LogP contribution in [0.2, 0.25) is 0 Å². The van der Waals surface area contributed by atoms with Crippen molar-refractivity contribution in [2.75, 3.05) is 30.3 Å². The van der Waals surface area contributed by atoms with Gasteiger partial charge in [-0.05, 0) is 55.0 Å². The quantitative estimate of drug-likeness (QED) is 0.482. The molecule has 3 aromatic rings. The summed E-state index contributed by atoms with van der Waals surface area (Å²) in [5.74, 6) is -0.317. The van der Waals surface area contributed by atoms with Crippen molar-refractivity contribution in [3.63, 3.8) is 0 Å². The molecule has 0 saturated carbocycles. The van der Waals surface area contributed by atoms with Crippen molar-refractivity contribution < 1.29 is 22.7 Å². The topological polar surface area (TPSA) is 105 Å². The summed E-state index contributed by atoms with van der Waals surface area (Å²) < 4.78 is 32.6. The van der Waals surface area contributed by atoms with Crippen LogP contribution in [-0.2, 0) is 10.0 Å². The molecule has 0 atom stereocenters. The van der Waals surface area contributed by atoms with E-state index in [-0.39, 0.29) is 16.4 Å². The second-order valence-electron chi connectivity index (χ2n) is 7.42. The molecule has 0 fully saturated rings. The highest BCUT2D eigenvalue weighted by molar-refractivity contribution is 7.92. The maximum Gasteiger partial charge on any atom is 0.264 e. The van der Waals surface area contributed by atoms with Crippen LogP contribution in [-0.4, -0.2) is 40.9 Å². The molecular formula is C25H27N3O5S. The number of benzene rings is 3. The average Bonchev–Trinajstić information content (AvgIpc) is 2.87. The molecule has 0 bridgehead atoms. The molecule has 0 aromatic heterocycles. The SMILES string of the molecule is CCCNC(=O)c1ccccc1NC(=O)c1ccc(S(=O)(=O)N(C)c2ccccc2OC)cc1. The van der Waals surface area contributed by atoms with Crippen LogP contribution in [0, 0.1) is 0 Å².